The first-order chi connectivity index (χ1) is 9.63. The zero-order valence-electron chi connectivity index (χ0n) is 11.2. The van der Waals surface area contributed by atoms with E-state index in [1.807, 2.05) is 6.07 Å². The summed E-state index contributed by atoms with van der Waals surface area (Å²) in [4.78, 5) is 10.5. The first kappa shape index (κ1) is 15.4. The van der Waals surface area contributed by atoms with Crippen LogP contribution in [0.1, 0.15) is 24.8 Å². The largest absolute Gasteiger partial charge is 0.396 e. The van der Waals surface area contributed by atoms with Crippen molar-refractivity contribution in [2.45, 2.75) is 25.8 Å². The number of hydrogen-bond donors (Lipinski definition) is 2. The van der Waals surface area contributed by atoms with Gasteiger partial charge in [-0.1, -0.05) is 18.6 Å². The van der Waals surface area contributed by atoms with Crippen LogP contribution in [0.4, 0.5) is 5.69 Å². The highest BCUT2D eigenvalue weighted by molar-refractivity contribution is 9.10. The average molecular weight is 343 g/mol. The number of hydrogen-bond acceptors (Lipinski definition) is 4. The van der Waals surface area contributed by atoms with Crippen molar-refractivity contribution in [1.29, 1.82) is 0 Å². The number of nitrogens with zero attached hydrogens (tertiary/aromatic N) is 1. The third kappa shape index (κ3) is 3.56. The molecule has 1 saturated carbocycles. The number of benzene rings is 1. The van der Waals surface area contributed by atoms with Crippen molar-refractivity contribution in [3.8, 4) is 0 Å². The Hall–Kier alpha value is -0.980. The van der Waals surface area contributed by atoms with E-state index in [1.54, 1.807) is 6.07 Å². The molecule has 2 N–H and O–H groups in total. The monoisotopic (exact) mass is 342 g/mol. The van der Waals surface area contributed by atoms with Gasteiger partial charge in [0.25, 0.3) is 5.69 Å². The highest BCUT2D eigenvalue weighted by Crippen LogP contribution is 2.31. The van der Waals surface area contributed by atoms with Crippen molar-refractivity contribution in [3.63, 3.8) is 0 Å². The molecule has 1 aromatic carbocycles. The van der Waals surface area contributed by atoms with Gasteiger partial charge in [0.15, 0.2) is 0 Å². The van der Waals surface area contributed by atoms with E-state index in [4.69, 9.17) is 0 Å². The Labute approximate surface area is 126 Å². The van der Waals surface area contributed by atoms with E-state index in [-0.39, 0.29) is 17.2 Å². The molecule has 0 amide bonds. The van der Waals surface area contributed by atoms with E-state index in [9.17, 15) is 15.2 Å². The molecule has 0 spiro atoms. The molecule has 1 fully saturated rings. The maximum atomic E-state index is 10.9. The molecule has 0 aromatic heterocycles. The lowest BCUT2D eigenvalue weighted by Crippen LogP contribution is -2.26. The van der Waals surface area contributed by atoms with Crippen molar-refractivity contribution in [2.24, 2.45) is 11.8 Å². The molecule has 0 radical (unpaired) electrons. The van der Waals surface area contributed by atoms with Crippen LogP contribution in [0.25, 0.3) is 0 Å². The first-order valence-corrected chi connectivity index (χ1v) is 7.66. The molecule has 0 bridgehead atoms. The van der Waals surface area contributed by atoms with Crippen molar-refractivity contribution >= 4 is 21.6 Å². The van der Waals surface area contributed by atoms with Crippen molar-refractivity contribution in [1.82, 2.24) is 5.32 Å². The normalized spacial score (nSPS) is 22.1. The Kier molecular flexibility index (Phi) is 5.51. The van der Waals surface area contributed by atoms with Crippen molar-refractivity contribution in [2.75, 3.05) is 13.2 Å². The third-order valence-corrected chi connectivity index (χ3v) is 4.94. The minimum atomic E-state index is -0.383. The van der Waals surface area contributed by atoms with E-state index < -0.39 is 0 Å². The highest BCUT2D eigenvalue weighted by Gasteiger charge is 2.26. The van der Waals surface area contributed by atoms with Crippen LogP contribution >= 0.6 is 15.9 Å². The fourth-order valence-electron chi connectivity index (χ4n) is 2.86. The number of aliphatic hydroxyl groups is 1. The van der Waals surface area contributed by atoms with Gasteiger partial charge in [0.05, 0.1) is 9.40 Å². The van der Waals surface area contributed by atoms with Gasteiger partial charge in [-0.15, -0.1) is 0 Å². The van der Waals surface area contributed by atoms with Crippen LogP contribution < -0.4 is 5.32 Å². The van der Waals surface area contributed by atoms with Gasteiger partial charge < -0.3 is 10.4 Å². The van der Waals surface area contributed by atoms with Crippen LogP contribution in [-0.4, -0.2) is 23.2 Å². The number of nitrogens with one attached hydrogen (secondary N) is 1. The molecule has 2 rings (SSSR count). The molecule has 1 aliphatic carbocycles. The first-order valence-electron chi connectivity index (χ1n) is 6.86. The molecule has 20 heavy (non-hydrogen) atoms. The summed E-state index contributed by atoms with van der Waals surface area (Å²) in [6, 6.07) is 5.07. The quantitative estimate of drug-likeness (QED) is 0.615. The van der Waals surface area contributed by atoms with Crippen LogP contribution in [0.5, 0.6) is 0 Å². The van der Waals surface area contributed by atoms with Crippen molar-refractivity contribution in [3.05, 3.63) is 38.3 Å². The second-order valence-corrected chi connectivity index (χ2v) is 6.06. The van der Waals surface area contributed by atoms with Gasteiger partial charge in [0, 0.05) is 19.2 Å². The second kappa shape index (κ2) is 7.15. The molecule has 2 unspecified atom stereocenters. The van der Waals surface area contributed by atoms with Crippen LogP contribution in [0, 0.1) is 22.0 Å². The molecule has 2 atom stereocenters. The average Bonchev–Trinajstić information content (AvgIpc) is 2.88. The molecule has 0 saturated heterocycles. The van der Waals surface area contributed by atoms with Gasteiger partial charge >= 0.3 is 0 Å². The van der Waals surface area contributed by atoms with E-state index in [2.05, 4.69) is 21.2 Å². The summed E-state index contributed by atoms with van der Waals surface area (Å²) < 4.78 is 0.544. The zero-order valence-corrected chi connectivity index (χ0v) is 12.8. The molecule has 5 nitrogen and oxygen atoms in total. The lowest BCUT2D eigenvalue weighted by Gasteiger charge is -2.18. The van der Waals surface area contributed by atoms with Gasteiger partial charge in [-0.05, 0) is 52.7 Å². The Morgan fingerprint density at radius 1 is 1.40 bits per heavy atom. The van der Waals surface area contributed by atoms with Gasteiger partial charge in [0.1, 0.15) is 0 Å². The number of nitro groups is 1. The van der Waals surface area contributed by atoms with Gasteiger partial charge in [-0.25, -0.2) is 0 Å². The van der Waals surface area contributed by atoms with Crippen molar-refractivity contribution < 1.29 is 10.0 Å². The number of aliphatic hydroxyl groups excluding tert-OH is 1. The van der Waals surface area contributed by atoms with Gasteiger partial charge in [-0.3, -0.25) is 10.1 Å². The van der Waals surface area contributed by atoms with E-state index in [1.165, 1.54) is 12.5 Å². The molecule has 110 valence electrons. The fourth-order valence-corrected chi connectivity index (χ4v) is 3.41. The number of halogens is 1. The lowest BCUT2D eigenvalue weighted by molar-refractivity contribution is -0.385. The van der Waals surface area contributed by atoms with Crippen LogP contribution in [0.15, 0.2) is 22.7 Å². The Bertz CT molecular complexity index is 481. The van der Waals surface area contributed by atoms with E-state index in [0.29, 0.717) is 22.9 Å². The standard InChI is InChI=1S/C14H19BrN2O3/c15-14-11(4-2-6-13(14)17(19)20)8-16-7-10-3-1-5-12(10)9-18/h2,4,6,10,12,16,18H,1,3,5,7-9H2. The molecule has 0 heterocycles. The maximum absolute atomic E-state index is 10.9. The smallest absolute Gasteiger partial charge is 0.283 e. The molecule has 1 aromatic rings. The summed E-state index contributed by atoms with van der Waals surface area (Å²) in [5.74, 6) is 0.911. The number of rotatable bonds is 6. The highest BCUT2D eigenvalue weighted by atomic mass is 79.9. The van der Waals surface area contributed by atoms with Crippen LogP contribution in [0.2, 0.25) is 0 Å². The zero-order chi connectivity index (χ0) is 14.5. The predicted octanol–water partition coefficient (Wildman–Crippen LogP) is 2.86. The SMILES string of the molecule is O=[N+]([O-])c1cccc(CNCC2CCCC2CO)c1Br. The van der Waals surface area contributed by atoms with E-state index in [0.717, 1.165) is 24.9 Å². The molecule has 1 aliphatic rings. The summed E-state index contributed by atoms with van der Waals surface area (Å²) in [5, 5.41) is 23.5. The molecular formula is C14H19BrN2O3. The lowest BCUT2D eigenvalue weighted by atomic mass is 9.97. The van der Waals surface area contributed by atoms with Gasteiger partial charge in [0.2, 0.25) is 0 Å². The number of nitro benzene ring substituents is 1. The summed E-state index contributed by atoms with van der Waals surface area (Å²) in [7, 11) is 0. The molecule has 0 aliphatic heterocycles. The molecular weight excluding hydrogens is 324 g/mol. The minimum Gasteiger partial charge on any atom is -0.396 e. The van der Waals surface area contributed by atoms with Crippen LogP contribution in [0.3, 0.4) is 0 Å². The second-order valence-electron chi connectivity index (χ2n) is 5.27. The summed E-state index contributed by atoms with van der Waals surface area (Å²) in [6.07, 6.45) is 3.43. The Morgan fingerprint density at radius 3 is 2.85 bits per heavy atom. The summed E-state index contributed by atoms with van der Waals surface area (Å²) in [5.41, 5.74) is 0.983. The fraction of sp³-hybridized carbons (Fsp3) is 0.571. The third-order valence-electron chi connectivity index (χ3n) is 4.03. The van der Waals surface area contributed by atoms with Crippen LogP contribution in [-0.2, 0) is 6.54 Å². The topological polar surface area (TPSA) is 75.4 Å². The summed E-state index contributed by atoms with van der Waals surface area (Å²) >= 11 is 3.30. The Balaban J connectivity index is 1.91. The molecule has 6 heteroatoms. The minimum absolute atomic E-state index is 0.0957. The summed E-state index contributed by atoms with van der Waals surface area (Å²) in [6.45, 7) is 1.70. The Morgan fingerprint density at radius 2 is 2.15 bits per heavy atom. The maximum Gasteiger partial charge on any atom is 0.283 e. The predicted molar refractivity (Wildman–Crippen MR) is 80.4 cm³/mol. The van der Waals surface area contributed by atoms with E-state index >= 15 is 0 Å². The van der Waals surface area contributed by atoms with Gasteiger partial charge in [-0.2, -0.15) is 0 Å².